The third kappa shape index (κ3) is 2.69. The molecule has 1 aromatic carbocycles. The fraction of sp³-hybridized carbons (Fsp3) is 0. The standard InChI is InChI=1S/C13H9N5O3S/c14-11(19)8-5-7-3-1-2-4-10(7)21-13(8)17-16-12(20)9-6-22-18-15-9/h1-6H,(H2,14,19)(H,16,20). The van der Waals surface area contributed by atoms with Gasteiger partial charge in [0.1, 0.15) is 11.1 Å². The summed E-state index contributed by atoms with van der Waals surface area (Å²) in [6, 6.07) is 8.62. The fourth-order valence-electron chi connectivity index (χ4n) is 1.75. The maximum Gasteiger partial charge on any atom is 0.292 e. The zero-order chi connectivity index (χ0) is 15.5. The molecule has 0 radical (unpaired) electrons. The van der Waals surface area contributed by atoms with Crippen LogP contribution in [0, 0.1) is 0 Å². The quantitative estimate of drug-likeness (QED) is 0.686. The number of benzene rings is 1. The number of rotatable bonds is 3. The molecule has 3 N–H and O–H groups in total. The number of carbonyl (C=O) groups excluding carboxylic acids is 2. The molecular formula is C13H9N5O3S. The van der Waals surface area contributed by atoms with Gasteiger partial charge in [-0.1, -0.05) is 22.7 Å². The van der Waals surface area contributed by atoms with Crippen molar-refractivity contribution in [3.8, 4) is 0 Å². The Morgan fingerprint density at radius 2 is 2.14 bits per heavy atom. The zero-order valence-electron chi connectivity index (χ0n) is 11.0. The Hall–Kier alpha value is -3.07. The van der Waals surface area contributed by atoms with Crippen LogP contribution in [0.4, 0.5) is 0 Å². The van der Waals surface area contributed by atoms with Crippen molar-refractivity contribution in [1.29, 1.82) is 0 Å². The predicted octanol–water partition coefficient (Wildman–Crippen LogP) is 0.629. The minimum Gasteiger partial charge on any atom is -0.436 e. The average Bonchev–Trinajstić information content (AvgIpc) is 3.06. The van der Waals surface area contributed by atoms with E-state index in [4.69, 9.17) is 10.2 Å². The number of hydrogen-bond acceptors (Lipinski definition) is 7. The highest BCUT2D eigenvalue weighted by atomic mass is 32.1. The highest BCUT2D eigenvalue weighted by Gasteiger charge is 2.11. The molecule has 22 heavy (non-hydrogen) atoms. The lowest BCUT2D eigenvalue weighted by molar-refractivity contribution is 0.0941. The van der Waals surface area contributed by atoms with E-state index in [9.17, 15) is 9.59 Å². The summed E-state index contributed by atoms with van der Waals surface area (Å²) in [6.45, 7) is 0. The van der Waals surface area contributed by atoms with E-state index in [2.05, 4.69) is 20.1 Å². The van der Waals surface area contributed by atoms with Crippen LogP contribution in [-0.4, -0.2) is 21.4 Å². The molecule has 3 rings (SSSR count). The molecule has 0 aliphatic rings. The summed E-state index contributed by atoms with van der Waals surface area (Å²) in [4.78, 5) is 23.3. The van der Waals surface area contributed by atoms with E-state index in [1.807, 2.05) is 0 Å². The Morgan fingerprint density at radius 3 is 2.86 bits per heavy atom. The molecule has 9 heteroatoms. The number of nitrogens with two attached hydrogens (primary N) is 1. The van der Waals surface area contributed by atoms with Crippen LogP contribution in [0.3, 0.4) is 0 Å². The summed E-state index contributed by atoms with van der Waals surface area (Å²) >= 11 is 1.04. The minimum absolute atomic E-state index is 0.0652. The van der Waals surface area contributed by atoms with Crippen LogP contribution >= 0.6 is 11.5 Å². The van der Waals surface area contributed by atoms with Gasteiger partial charge in [-0.25, -0.2) is 5.43 Å². The van der Waals surface area contributed by atoms with E-state index in [0.717, 1.165) is 11.5 Å². The van der Waals surface area contributed by atoms with E-state index < -0.39 is 11.8 Å². The summed E-state index contributed by atoms with van der Waals surface area (Å²) in [7, 11) is 0. The van der Waals surface area contributed by atoms with Crippen molar-refractivity contribution < 1.29 is 14.0 Å². The first-order valence-corrected chi connectivity index (χ1v) is 6.92. The number of primary amides is 1. The molecule has 0 spiro atoms. The van der Waals surface area contributed by atoms with Crippen molar-refractivity contribution in [2.75, 3.05) is 0 Å². The molecule has 0 atom stereocenters. The second kappa shape index (κ2) is 5.74. The van der Waals surface area contributed by atoms with Gasteiger partial charge in [0.05, 0.1) is 0 Å². The molecule has 2 amide bonds. The smallest absolute Gasteiger partial charge is 0.292 e. The number of para-hydroxylation sites is 1. The van der Waals surface area contributed by atoms with Crippen molar-refractivity contribution in [2.45, 2.75) is 0 Å². The van der Waals surface area contributed by atoms with Crippen LogP contribution in [0.5, 0.6) is 0 Å². The van der Waals surface area contributed by atoms with Gasteiger partial charge in [0, 0.05) is 10.8 Å². The monoisotopic (exact) mass is 315 g/mol. The minimum atomic E-state index is -0.710. The van der Waals surface area contributed by atoms with Crippen LogP contribution in [0.1, 0.15) is 20.8 Å². The second-order valence-electron chi connectivity index (χ2n) is 4.21. The van der Waals surface area contributed by atoms with Gasteiger partial charge < -0.3 is 10.2 Å². The van der Waals surface area contributed by atoms with Crippen molar-refractivity contribution in [2.24, 2.45) is 10.8 Å². The lowest BCUT2D eigenvalue weighted by atomic mass is 10.2. The largest absolute Gasteiger partial charge is 0.436 e. The van der Waals surface area contributed by atoms with E-state index in [0.29, 0.717) is 11.0 Å². The Kier molecular flexibility index (Phi) is 3.62. The molecule has 3 aromatic rings. The number of amides is 2. The van der Waals surface area contributed by atoms with E-state index in [1.54, 1.807) is 30.3 Å². The number of fused-ring (bicyclic) bond motifs is 1. The van der Waals surface area contributed by atoms with Crippen LogP contribution in [0.25, 0.3) is 11.0 Å². The topological polar surface area (TPSA) is 123 Å². The maximum atomic E-state index is 11.8. The molecule has 0 aliphatic heterocycles. The highest BCUT2D eigenvalue weighted by Crippen LogP contribution is 2.12. The molecule has 110 valence electrons. The normalized spacial score (nSPS) is 11.5. The van der Waals surface area contributed by atoms with Gasteiger partial charge in [-0.2, -0.15) is 0 Å². The van der Waals surface area contributed by atoms with Gasteiger partial charge in [-0.15, -0.1) is 10.2 Å². The summed E-state index contributed by atoms with van der Waals surface area (Å²) < 4.78 is 9.08. The van der Waals surface area contributed by atoms with Crippen molar-refractivity contribution >= 4 is 34.3 Å². The zero-order valence-corrected chi connectivity index (χ0v) is 11.8. The SMILES string of the molecule is NC(=O)c1cc2ccccc2oc1=NNC(=O)c1csnn1. The van der Waals surface area contributed by atoms with Crippen LogP contribution in [0.15, 0.2) is 45.2 Å². The molecule has 0 saturated carbocycles. The van der Waals surface area contributed by atoms with Crippen molar-refractivity contribution in [3.63, 3.8) is 0 Å². The van der Waals surface area contributed by atoms with Gasteiger partial charge in [0.15, 0.2) is 5.69 Å². The average molecular weight is 315 g/mol. The van der Waals surface area contributed by atoms with E-state index >= 15 is 0 Å². The van der Waals surface area contributed by atoms with E-state index in [-0.39, 0.29) is 16.8 Å². The molecule has 2 heterocycles. The second-order valence-corrected chi connectivity index (χ2v) is 4.82. The third-order valence-electron chi connectivity index (χ3n) is 2.77. The van der Waals surface area contributed by atoms with Gasteiger partial charge in [-0.05, 0) is 23.7 Å². The number of nitrogens with zero attached hydrogens (tertiary/aromatic N) is 3. The Labute approximate surface area is 127 Å². The summed E-state index contributed by atoms with van der Waals surface area (Å²) in [5, 5.41) is 9.58. The first-order valence-electron chi connectivity index (χ1n) is 6.09. The third-order valence-corrected chi connectivity index (χ3v) is 3.28. The molecule has 2 aromatic heterocycles. The van der Waals surface area contributed by atoms with Crippen LogP contribution < -0.4 is 16.7 Å². The van der Waals surface area contributed by atoms with Crippen LogP contribution in [-0.2, 0) is 0 Å². The predicted molar refractivity (Wildman–Crippen MR) is 77.7 cm³/mol. The van der Waals surface area contributed by atoms with E-state index in [1.165, 1.54) is 5.38 Å². The molecule has 0 aliphatic carbocycles. The van der Waals surface area contributed by atoms with Gasteiger partial charge in [0.2, 0.25) is 5.55 Å². The molecule has 0 saturated heterocycles. The number of nitrogens with one attached hydrogen (secondary N) is 1. The molecule has 0 bridgehead atoms. The van der Waals surface area contributed by atoms with Gasteiger partial charge in [-0.3, -0.25) is 9.59 Å². The summed E-state index contributed by atoms with van der Waals surface area (Å²) in [5.74, 6) is -1.27. The molecule has 0 fully saturated rings. The lowest BCUT2D eigenvalue weighted by Crippen LogP contribution is -2.27. The Balaban J connectivity index is 2.04. The Bertz CT molecular complexity index is 917. The van der Waals surface area contributed by atoms with Crippen molar-refractivity contribution in [3.05, 3.63) is 52.5 Å². The highest BCUT2D eigenvalue weighted by molar-refractivity contribution is 7.03. The maximum absolute atomic E-state index is 11.8. The first kappa shape index (κ1) is 13.9. The molecule has 0 unspecified atom stereocenters. The summed E-state index contributed by atoms with van der Waals surface area (Å²) in [6.07, 6.45) is 0. The number of aromatic nitrogens is 2. The molecule has 8 nitrogen and oxygen atoms in total. The van der Waals surface area contributed by atoms with Gasteiger partial charge in [0.25, 0.3) is 11.8 Å². The summed E-state index contributed by atoms with van der Waals surface area (Å²) in [5.41, 5.74) is 8.18. The van der Waals surface area contributed by atoms with Gasteiger partial charge >= 0.3 is 0 Å². The fourth-order valence-corrected chi connectivity index (χ4v) is 2.19. The lowest BCUT2D eigenvalue weighted by Gasteiger charge is -2.01. The van der Waals surface area contributed by atoms with Crippen LogP contribution in [0.2, 0.25) is 0 Å². The number of hydrogen-bond donors (Lipinski definition) is 2. The van der Waals surface area contributed by atoms with Crippen molar-refractivity contribution in [1.82, 2.24) is 15.0 Å². The molecular weight excluding hydrogens is 306 g/mol. The first-order chi connectivity index (χ1) is 10.6. The Morgan fingerprint density at radius 1 is 1.32 bits per heavy atom. The number of carbonyl (C=O) groups is 2.